The van der Waals surface area contributed by atoms with E-state index in [4.69, 9.17) is 0 Å². The molecule has 0 saturated heterocycles. The van der Waals surface area contributed by atoms with E-state index in [-0.39, 0.29) is 23.9 Å². The molecule has 2 atom stereocenters. The van der Waals surface area contributed by atoms with Crippen molar-refractivity contribution in [3.05, 3.63) is 67.0 Å². The van der Waals surface area contributed by atoms with Crippen molar-refractivity contribution in [3.8, 4) is 0 Å². The summed E-state index contributed by atoms with van der Waals surface area (Å²) < 4.78 is 0. The summed E-state index contributed by atoms with van der Waals surface area (Å²) in [4.78, 5) is 49.0. The van der Waals surface area contributed by atoms with E-state index in [1.165, 1.54) is 46.9 Å². The molecular weight excluding hydrogens is 452 g/mol. The minimum absolute atomic E-state index is 0.171. The van der Waals surface area contributed by atoms with Crippen LogP contribution in [0.15, 0.2) is 67.1 Å². The highest BCUT2D eigenvalue weighted by Gasteiger charge is 2.35. The van der Waals surface area contributed by atoms with Gasteiger partial charge in [0, 0.05) is 24.5 Å². The zero-order chi connectivity index (χ0) is 24.2. The van der Waals surface area contributed by atoms with E-state index in [0.717, 1.165) is 19.3 Å². The number of nitrogens with one attached hydrogen (secondary N) is 3. The number of carbonyl (C=O) groups is 3. The van der Waals surface area contributed by atoms with Gasteiger partial charge in [0.25, 0.3) is 5.91 Å². The second-order valence-electron chi connectivity index (χ2n) is 7.70. The Kier molecular flexibility index (Phi) is 6.69. The van der Waals surface area contributed by atoms with E-state index in [2.05, 4.69) is 45.7 Å². The average molecular weight is 477 g/mol. The maximum absolute atomic E-state index is 13.3. The van der Waals surface area contributed by atoms with Crippen molar-refractivity contribution in [1.29, 1.82) is 0 Å². The number of allylic oxidation sites excluding steroid dienone is 2. The van der Waals surface area contributed by atoms with Gasteiger partial charge in [0.1, 0.15) is 9.71 Å². The third-order valence-electron chi connectivity index (χ3n) is 5.66. The van der Waals surface area contributed by atoms with E-state index in [9.17, 15) is 14.4 Å². The van der Waals surface area contributed by atoms with Crippen LogP contribution in [0.1, 0.15) is 28.9 Å². The standard InChI is InChI=1S/C24H24N6O3S/c1-4-11-25-13-14(5-2)30-17-10-12-26-23-19(17)20(29-24(30)33)21(34-23)22(32)28-16-9-7-8-15(16)27-18(31)6-3/h4-6,10-13,15-16H,1-3,7-9H2,(H,27,31)(H,28,32)(H,29,33)/b14-13+,25-11-. The normalized spacial score (nSPS) is 19.7. The Morgan fingerprint density at radius 2 is 1.97 bits per heavy atom. The van der Waals surface area contributed by atoms with Crippen LogP contribution in [0.4, 0.5) is 16.2 Å². The molecule has 3 N–H and O–H groups in total. The van der Waals surface area contributed by atoms with Gasteiger partial charge in [0.15, 0.2) is 0 Å². The smallest absolute Gasteiger partial charge is 0.331 e. The zero-order valence-electron chi connectivity index (χ0n) is 18.4. The van der Waals surface area contributed by atoms with Gasteiger partial charge in [0.05, 0.1) is 28.7 Å². The van der Waals surface area contributed by atoms with Crippen LogP contribution in [-0.4, -0.2) is 41.1 Å². The molecule has 4 rings (SSSR count). The summed E-state index contributed by atoms with van der Waals surface area (Å²) >= 11 is 1.20. The molecular formula is C24H24N6O3S. The third kappa shape index (κ3) is 4.27. The molecule has 2 aliphatic rings. The molecule has 174 valence electrons. The van der Waals surface area contributed by atoms with Crippen molar-refractivity contribution in [2.45, 2.75) is 31.3 Å². The summed E-state index contributed by atoms with van der Waals surface area (Å²) in [6, 6.07) is 0.889. The van der Waals surface area contributed by atoms with Gasteiger partial charge in [-0.15, -0.1) is 11.3 Å². The van der Waals surface area contributed by atoms with Crippen LogP contribution >= 0.6 is 11.3 Å². The largest absolute Gasteiger partial charge is 0.348 e. The SMILES string of the molecule is C=C/C=N\C=C(/C=C)N1C(=O)Nc2c(C(=O)NC3CCCC3NC(=O)C=C)sc3nccc1c23. The van der Waals surface area contributed by atoms with Gasteiger partial charge in [-0.1, -0.05) is 25.8 Å². The minimum Gasteiger partial charge on any atom is -0.348 e. The van der Waals surface area contributed by atoms with Crippen LogP contribution in [0.5, 0.6) is 0 Å². The van der Waals surface area contributed by atoms with Crippen LogP contribution < -0.4 is 20.9 Å². The van der Waals surface area contributed by atoms with Gasteiger partial charge in [-0.2, -0.15) is 0 Å². The molecule has 1 aliphatic heterocycles. The van der Waals surface area contributed by atoms with E-state index < -0.39 is 6.03 Å². The molecule has 2 aromatic heterocycles. The highest BCUT2D eigenvalue weighted by Crippen LogP contribution is 2.44. The molecule has 4 amide bonds. The first-order valence-electron chi connectivity index (χ1n) is 10.7. The van der Waals surface area contributed by atoms with Crippen molar-refractivity contribution in [2.75, 3.05) is 10.2 Å². The van der Waals surface area contributed by atoms with Crippen LogP contribution in [0.3, 0.4) is 0 Å². The monoisotopic (exact) mass is 476 g/mol. The molecule has 1 fully saturated rings. The second-order valence-corrected chi connectivity index (χ2v) is 8.70. The van der Waals surface area contributed by atoms with E-state index in [1.807, 2.05) is 0 Å². The van der Waals surface area contributed by atoms with Crippen LogP contribution in [0.2, 0.25) is 0 Å². The Hall–Kier alpha value is -4.05. The summed E-state index contributed by atoms with van der Waals surface area (Å²) in [6.45, 7) is 10.9. The van der Waals surface area contributed by atoms with E-state index in [1.54, 1.807) is 12.3 Å². The number of hydrogen-bond donors (Lipinski definition) is 3. The zero-order valence-corrected chi connectivity index (χ0v) is 19.2. The van der Waals surface area contributed by atoms with Crippen molar-refractivity contribution in [1.82, 2.24) is 15.6 Å². The fraction of sp³-hybridized carbons (Fsp3) is 0.208. The third-order valence-corrected chi connectivity index (χ3v) is 6.76. The fourth-order valence-electron chi connectivity index (χ4n) is 4.16. The van der Waals surface area contributed by atoms with Gasteiger partial charge in [-0.3, -0.25) is 19.5 Å². The molecule has 9 nitrogen and oxygen atoms in total. The predicted molar refractivity (Wildman–Crippen MR) is 135 cm³/mol. The van der Waals surface area contributed by atoms with Gasteiger partial charge in [-0.25, -0.2) is 9.78 Å². The summed E-state index contributed by atoms with van der Waals surface area (Å²) in [5.74, 6) is -0.592. The molecule has 0 spiro atoms. The molecule has 2 unspecified atom stereocenters. The first kappa shape index (κ1) is 23.1. The number of pyridine rings is 1. The summed E-state index contributed by atoms with van der Waals surface area (Å²) in [6.07, 6.45) is 11.3. The van der Waals surface area contributed by atoms with Gasteiger partial charge in [-0.05, 0) is 37.5 Å². The molecule has 0 bridgehead atoms. The Balaban J connectivity index is 1.68. The number of thiophene rings is 1. The molecule has 1 aliphatic carbocycles. The quantitative estimate of drug-likeness (QED) is 0.305. The Morgan fingerprint density at radius 1 is 1.21 bits per heavy atom. The molecule has 34 heavy (non-hydrogen) atoms. The van der Waals surface area contributed by atoms with Crippen molar-refractivity contribution in [2.24, 2.45) is 4.99 Å². The van der Waals surface area contributed by atoms with Gasteiger partial charge < -0.3 is 16.0 Å². The maximum Gasteiger partial charge on any atom is 0.331 e. The number of hydrogen-bond acceptors (Lipinski definition) is 6. The Labute approximate surface area is 200 Å². The number of carbonyl (C=O) groups excluding carboxylic acids is 3. The Bertz CT molecular complexity index is 1260. The van der Waals surface area contributed by atoms with Gasteiger partial charge in [0.2, 0.25) is 5.91 Å². The lowest BCUT2D eigenvalue weighted by molar-refractivity contribution is -0.117. The van der Waals surface area contributed by atoms with Crippen molar-refractivity contribution < 1.29 is 14.4 Å². The number of amides is 4. The lowest BCUT2D eigenvalue weighted by atomic mass is 10.1. The number of rotatable bonds is 8. The highest BCUT2D eigenvalue weighted by atomic mass is 32.1. The summed E-state index contributed by atoms with van der Waals surface area (Å²) in [7, 11) is 0. The Morgan fingerprint density at radius 3 is 2.68 bits per heavy atom. The molecule has 3 heterocycles. The number of aliphatic imine (C=N–C) groups is 1. The lowest BCUT2D eigenvalue weighted by Gasteiger charge is -2.28. The minimum atomic E-state index is -0.440. The van der Waals surface area contributed by atoms with E-state index in [0.29, 0.717) is 32.2 Å². The first-order valence-corrected chi connectivity index (χ1v) is 11.5. The van der Waals surface area contributed by atoms with Gasteiger partial charge >= 0.3 is 6.03 Å². The summed E-state index contributed by atoms with van der Waals surface area (Å²) in [5.41, 5.74) is 1.46. The summed E-state index contributed by atoms with van der Waals surface area (Å²) in [5, 5.41) is 9.40. The molecule has 2 aromatic rings. The van der Waals surface area contributed by atoms with E-state index >= 15 is 0 Å². The maximum atomic E-state index is 13.3. The molecule has 1 saturated carbocycles. The first-order chi connectivity index (χ1) is 16.5. The topological polar surface area (TPSA) is 116 Å². The number of anilines is 2. The van der Waals surface area contributed by atoms with Crippen LogP contribution in [0.25, 0.3) is 10.2 Å². The fourth-order valence-corrected chi connectivity index (χ4v) is 5.19. The second kappa shape index (κ2) is 9.84. The highest BCUT2D eigenvalue weighted by molar-refractivity contribution is 7.21. The van der Waals surface area contributed by atoms with Crippen LogP contribution in [0, 0.1) is 0 Å². The lowest BCUT2D eigenvalue weighted by Crippen LogP contribution is -2.48. The average Bonchev–Trinajstić information content (AvgIpc) is 3.42. The molecule has 0 radical (unpaired) electrons. The van der Waals surface area contributed by atoms with Crippen LogP contribution in [-0.2, 0) is 4.79 Å². The molecule has 0 aromatic carbocycles. The predicted octanol–water partition coefficient (Wildman–Crippen LogP) is 3.89. The number of aromatic nitrogens is 1. The van der Waals surface area contributed by atoms with Crippen molar-refractivity contribution >= 4 is 57.0 Å². The number of nitrogens with zero attached hydrogens (tertiary/aromatic N) is 3. The molecule has 10 heteroatoms. The number of urea groups is 1. The van der Waals surface area contributed by atoms with Crippen molar-refractivity contribution in [3.63, 3.8) is 0 Å².